The van der Waals surface area contributed by atoms with Crippen molar-refractivity contribution in [2.45, 2.75) is 6.04 Å². The summed E-state index contributed by atoms with van der Waals surface area (Å²) in [5, 5.41) is 0.528. The fraction of sp³-hybridized carbons (Fsp3) is 0.500. The van der Waals surface area contributed by atoms with Crippen molar-refractivity contribution in [3.8, 4) is 0 Å². The molecular weight excluding hydrogens is 332 g/mol. The first kappa shape index (κ1) is 14.9. The molecule has 5 nitrogen and oxygen atoms in total. The number of alkyl halides is 1. The zero-order valence-corrected chi connectivity index (χ0v) is 12.9. The van der Waals surface area contributed by atoms with Gasteiger partial charge in [0.15, 0.2) is 0 Å². The van der Waals surface area contributed by atoms with Crippen LogP contribution in [0, 0.1) is 0 Å². The molecule has 0 saturated carbocycles. The first-order chi connectivity index (χ1) is 9.13. The second kappa shape index (κ2) is 6.81. The van der Waals surface area contributed by atoms with E-state index >= 15 is 0 Å². The highest BCUT2D eigenvalue weighted by Crippen LogP contribution is 2.17. The number of hydrogen-bond donors (Lipinski definition) is 1. The fourth-order valence-corrected chi connectivity index (χ4v) is 4.02. The summed E-state index contributed by atoms with van der Waals surface area (Å²) in [7, 11) is -3.47. The molecule has 0 aromatic heterocycles. The Bertz CT molecular complexity index is 489. The third kappa shape index (κ3) is 4.00. The monoisotopic (exact) mass is 348 g/mol. The second-order valence-corrected chi connectivity index (χ2v) is 6.60. The largest absolute Gasteiger partial charge is 0.379 e. The van der Waals surface area contributed by atoms with Crippen LogP contribution >= 0.6 is 15.9 Å². The van der Waals surface area contributed by atoms with E-state index in [-0.39, 0.29) is 6.04 Å². The van der Waals surface area contributed by atoms with Gasteiger partial charge < -0.3 is 4.74 Å². The van der Waals surface area contributed by atoms with E-state index < -0.39 is 10.2 Å². The van der Waals surface area contributed by atoms with Crippen LogP contribution in [-0.2, 0) is 14.9 Å². The first-order valence-electron chi connectivity index (χ1n) is 6.09. The Labute approximate surface area is 122 Å². The lowest BCUT2D eigenvalue weighted by atomic mass is 10.1. The minimum Gasteiger partial charge on any atom is -0.379 e. The summed E-state index contributed by atoms with van der Waals surface area (Å²) in [5.74, 6) is 0. The van der Waals surface area contributed by atoms with Crippen LogP contribution in [-0.4, -0.2) is 44.4 Å². The van der Waals surface area contributed by atoms with Gasteiger partial charge in [0.1, 0.15) is 0 Å². The minimum atomic E-state index is -3.47. The summed E-state index contributed by atoms with van der Waals surface area (Å²) in [6.45, 7) is 1.70. The van der Waals surface area contributed by atoms with Crippen molar-refractivity contribution in [3.63, 3.8) is 0 Å². The third-order valence-electron chi connectivity index (χ3n) is 2.96. The molecule has 19 heavy (non-hydrogen) atoms. The topological polar surface area (TPSA) is 58.6 Å². The van der Waals surface area contributed by atoms with E-state index in [4.69, 9.17) is 4.74 Å². The van der Waals surface area contributed by atoms with Gasteiger partial charge in [0.25, 0.3) is 10.2 Å². The molecule has 1 aliphatic heterocycles. The quantitative estimate of drug-likeness (QED) is 0.815. The summed E-state index contributed by atoms with van der Waals surface area (Å²) in [6.07, 6.45) is 0. The number of rotatable bonds is 5. The van der Waals surface area contributed by atoms with Gasteiger partial charge in [-0.25, -0.2) is 0 Å². The summed E-state index contributed by atoms with van der Waals surface area (Å²) < 4.78 is 33.9. The second-order valence-electron chi connectivity index (χ2n) is 4.25. The fourth-order valence-electron chi connectivity index (χ4n) is 1.92. The molecule has 0 bridgehead atoms. The molecule has 1 aromatic carbocycles. The lowest BCUT2D eigenvalue weighted by Gasteiger charge is -2.28. The Balaban J connectivity index is 2.09. The molecule has 0 amide bonds. The maximum absolute atomic E-state index is 12.3. The molecule has 1 heterocycles. The number of morpholine rings is 1. The minimum absolute atomic E-state index is 0.269. The lowest BCUT2D eigenvalue weighted by Crippen LogP contribution is -2.47. The lowest BCUT2D eigenvalue weighted by molar-refractivity contribution is 0.0723. The van der Waals surface area contributed by atoms with Crippen LogP contribution in [0.2, 0.25) is 0 Å². The zero-order valence-electron chi connectivity index (χ0n) is 10.5. The number of benzene rings is 1. The Morgan fingerprint density at radius 2 is 1.89 bits per heavy atom. The van der Waals surface area contributed by atoms with Crippen molar-refractivity contribution < 1.29 is 13.2 Å². The molecule has 0 spiro atoms. The van der Waals surface area contributed by atoms with Gasteiger partial charge in [-0.3, -0.25) is 0 Å². The normalized spacial score (nSPS) is 19.2. The van der Waals surface area contributed by atoms with Gasteiger partial charge in [-0.15, -0.1) is 0 Å². The van der Waals surface area contributed by atoms with E-state index in [0.717, 1.165) is 5.56 Å². The van der Waals surface area contributed by atoms with Crippen molar-refractivity contribution in [1.29, 1.82) is 0 Å². The van der Waals surface area contributed by atoms with Crippen molar-refractivity contribution in [2.75, 3.05) is 31.6 Å². The third-order valence-corrected chi connectivity index (χ3v) is 5.23. The van der Waals surface area contributed by atoms with Crippen LogP contribution in [0.1, 0.15) is 11.6 Å². The summed E-state index contributed by atoms with van der Waals surface area (Å²) in [5.41, 5.74) is 0.941. The van der Waals surface area contributed by atoms with E-state index in [2.05, 4.69) is 20.7 Å². The maximum Gasteiger partial charge on any atom is 0.280 e. The highest BCUT2D eigenvalue weighted by Gasteiger charge is 2.27. The summed E-state index contributed by atoms with van der Waals surface area (Å²) in [6, 6.07) is 9.25. The van der Waals surface area contributed by atoms with E-state index in [1.54, 1.807) is 0 Å². The molecule has 7 heteroatoms. The molecule has 1 unspecified atom stereocenters. The van der Waals surface area contributed by atoms with Crippen molar-refractivity contribution >= 4 is 26.1 Å². The van der Waals surface area contributed by atoms with E-state index in [1.165, 1.54) is 4.31 Å². The molecule has 1 fully saturated rings. The molecule has 1 aromatic rings. The Kier molecular flexibility index (Phi) is 5.35. The van der Waals surface area contributed by atoms with Gasteiger partial charge >= 0.3 is 0 Å². The number of halogens is 1. The molecule has 1 aliphatic rings. The van der Waals surface area contributed by atoms with Gasteiger partial charge in [-0.2, -0.15) is 17.4 Å². The number of ether oxygens (including phenoxy) is 1. The van der Waals surface area contributed by atoms with Gasteiger partial charge in [0.05, 0.1) is 19.3 Å². The average Bonchev–Trinajstić information content (AvgIpc) is 2.47. The summed E-state index contributed by atoms with van der Waals surface area (Å²) in [4.78, 5) is 0. The van der Waals surface area contributed by atoms with E-state index in [1.807, 2.05) is 30.3 Å². The first-order valence-corrected chi connectivity index (χ1v) is 8.65. The van der Waals surface area contributed by atoms with Crippen LogP contribution in [0.25, 0.3) is 0 Å². The number of nitrogens with one attached hydrogen (secondary N) is 1. The van der Waals surface area contributed by atoms with Gasteiger partial charge in [0.2, 0.25) is 0 Å². The van der Waals surface area contributed by atoms with E-state index in [0.29, 0.717) is 31.6 Å². The molecule has 106 valence electrons. The Morgan fingerprint density at radius 3 is 2.47 bits per heavy atom. The van der Waals surface area contributed by atoms with Gasteiger partial charge in [-0.05, 0) is 5.56 Å². The van der Waals surface area contributed by atoms with Crippen LogP contribution in [0.5, 0.6) is 0 Å². The van der Waals surface area contributed by atoms with Crippen LogP contribution in [0.4, 0.5) is 0 Å². The van der Waals surface area contributed by atoms with E-state index in [9.17, 15) is 8.42 Å². The maximum atomic E-state index is 12.3. The molecular formula is C12H17BrN2O3S. The number of nitrogens with zero attached hydrogens (tertiary/aromatic N) is 1. The Hall–Kier alpha value is -0.470. The molecule has 0 aliphatic carbocycles. The van der Waals surface area contributed by atoms with Crippen molar-refractivity contribution in [3.05, 3.63) is 35.9 Å². The summed E-state index contributed by atoms with van der Waals surface area (Å²) >= 11 is 3.36. The highest BCUT2D eigenvalue weighted by molar-refractivity contribution is 9.09. The van der Waals surface area contributed by atoms with Crippen LogP contribution in [0.3, 0.4) is 0 Å². The molecule has 2 rings (SSSR count). The molecule has 0 radical (unpaired) electrons. The van der Waals surface area contributed by atoms with Crippen LogP contribution < -0.4 is 4.72 Å². The van der Waals surface area contributed by atoms with Gasteiger partial charge in [0, 0.05) is 18.4 Å². The number of hydrogen-bond acceptors (Lipinski definition) is 3. The standard InChI is InChI=1S/C12H17BrN2O3S/c13-10-12(11-4-2-1-3-5-11)14-19(16,17)15-6-8-18-9-7-15/h1-5,12,14H,6-10H2. The predicted molar refractivity (Wildman–Crippen MR) is 77.4 cm³/mol. The zero-order chi connectivity index (χ0) is 13.7. The van der Waals surface area contributed by atoms with Crippen molar-refractivity contribution in [1.82, 2.24) is 9.03 Å². The Morgan fingerprint density at radius 1 is 1.26 bits per heavy atom. The van der Waals surface area contributed by atoms with Crippen molar-refractivity contribution in [2.24, 2.45) is 0 Å². The predicted octanol–water partition coefficient (Wildman–Crippen LogP) is 1.29. The smallest absolute Gasteiger partial charge is 0.280 e. The van der Waals surface area contributed by atoms with Crippen LogP contribution in [0.15, 0.2) is 30.3 Å². The SMILES string of the molecule is O=S(=O)(NC(CBr)c1ccccc1)N1CCOCC1. The molecule has 1 saturated heterocycles. The van der Waals surface area contributed by atoms with Gasteiger partial charge in [-0.1, -0.05) is 46.3 Å². The average molecular weight is 349 g/mol. The molecule has 1 atom stereocenters. The molecule has 1 N–H and O–H groups in total. The highest BCUT2D eigenvalue weighted by atomic mass is 79.9.